The molecule has 0 fully saturated rings. The lowest BCUT2D eigenvalue weighted by Crippen LogP contribution is -2.40. The molecule has 0 aliphatic carbocycles. The Morgan fingerprint density at radius 2 is 1.95 bits per heavy atom. The smallest absolute Gasteiger partial charge is 0.252 e. The average molecular weight is 260 g/mol. The van der Waals surface area contributed by atoms with E-state index < -0.39 is 0 Å². The maximum absolute atomic E-state index is 13.4. The Morgan fingerprint density at radius 3 is 2.58 bits per heavy atom. The molecule has 1 amide bonds. The lowest BCUT2D eigenvalue weighted by atomic mass is 10.0. The fourth-order valence-corrected chi connectivity index (χ4v) is 1.93. The third kappa shape index (κ3) is 3.08. The third-order valence-corrected chi connectivity index (χ3v) is 2.63. The van der Waals surface area contributed by atoms with E-state index in [1.807, 2.05) is 27.7 Å². The van der Waals surface area contributed by atoms with Gasteiger partial charge in [0.05, 0.1) is 11.1 Å². The first-order valence-electron chi connectivity index (χ1n) is 6.16. The van der Waals surface area contributed by atoms with E-state index in [1.54, 1.807) is 12.1 Å². The topological polar surface area (TPSA) is 42.0 Å². The number of rotatable bonds is 1. The molecule has 0 unspecified atom stereocenters. The highest BCUT2D eigenvalue weighted by atomic mass is 19.1. The molecule has 0 saturated carbocycles. The van der Waals surface area contributed by atoms with Gasteiger partial charge in [0.15, 0.2) is 0 Å². The van der Waals surface area contributed by atoms with Crippen LogP contribution in [0.4, 0.5) is 4.39 Å². The summed E-state index contributed by atoms with van der Waals surface area (Å²) in [4.78, 5) is 16.6. The van der Waals surface area contributed by atoms with Gasteiger partial charge >= 0.3 is 0 Å². The molecular formula is C15H17FN2O. The summed E-state index contributed by atoms with van der Waals surface area (Å²) in [6, 6.07) is 5.97. The zero-order valence-corrected chi connectivity index (χ0v) is 11.5. The zero-order valence-electron chi connectivity index (χ0n) is 11.5. The minimum atomic E-state index is -0.372. The van der Waals surface area contributed by atoms with Gasteiger partial charge in [-0.25, -0.2) is 4.39 Å². The number of hydrogen-bond donors (Lipinski definition) is 1. The van der Waals surface area contributed by atoms with Gasteiger partial charge < -0.3 is 5.32 Å². The quantitative estimate of drug-likeness (QED) is 0.855. The maximum Gasteiger partial charge on any atom is 0.252 e. The second-order valence-corrected chi connectivity index (χ2v) is 5.68. The molecule has 1 heterocycles. The van der Waals surface area contributed by atoms with Gasteiger partial charge in [0.2, 0.25) is 0 Å². The number of carbonyl (C=O) groups is 1. The Kier molecular flexibility index (Phi) is 3.27. The fourth-order valence-electron chi connectivity index (χ4n) is 1.93. The summed E-state index contributed by atoms with van der Waals surface area (Å²) in [5.41, 5.74) is 1.48. The van der Waals surface area contributed by atoms with Gasteiger partial charge in [-0.15, -0.1) is 0 Å². The number of fused-ring (bicyclic) bond motifs is 1. The summed E-state index contributed by atoms with van der Waals surface area (Å²) in [6.07, 6.45) is 0. The summed E-state index contributed by atoms with van der Waals surface area (Å²) in [5, 5.41) is 3.42. The van der Waals surface area contributed by atoms with Gasteiger partial charge in [0.25, 0.3) is 5.91 Å². The molecule has 3 nitrogen and oxygen atoms in total. The second kappa shape index (κ2) is 4.61. The highest BCUT2D eigenvalue weighted by Crippen LogP contribution is 2.20. The SMILES string of the molecule is Cc1cc(C(=O)NC(C)(C)C)c2cc(F)ccc2n1. The van der Waals surface area contributed by atoms with Crippen molar-refractivity contribution in [2.75, 3.05) is 0 Å². The number of halogens is 1. The molecule has 0 radical (unpaired) electrons. The van der Waals surface area contributed by atoms with E-state index in [0.717, 1.165) is 5.69 Å². The van der Waals surface area contributed by atoms with Crippen LogP contribution in [-0.4, -0.2) is 16.4 Å². The predicted molar refractivity (Wildman–Crippen MR) is 73.7 cm³/mol. The number of aromatic nitrogens is 1. The molecule has 0 bridgehead atoms. The molecule has 4 heteroatoms. The maximum atomic E-state index is 13.4. The molecule has 1 aromatic carbocycles. The number of nitrogens with zero attached hydrogens (tertiary/aromatic N) is 1. The van der Waals surface area contributed by atoms with E-state index in [-0.39, 0.29) is 17.3 Å². The Balaban J connectivity index is 2.58. The van der Waals surface area contributed by atoms with Crippen molar-refractivity contribution >= 4 is 16.8 Å². The monoisotopic (exact) mass is 260 g/mol. The molecule has 100 valence electrons. The highest BCUT2D eigenvalue weighted by molar-refractivity contribution is 6.06. The molecule has 1 N–H and O–H groups in total. The van der Waals surface area contributed by atoms with Crippen LogP contribution >= 0.6 is 0 Å². The largest absolute Gasteiger partial charge is 0.347 e. The highest BCUT2D eigenvalue weighted by Gasteiger charge is 2.18. The molecular weight excluding hydrogens is 243 g/mol. The Bertz CT molecular complexity index is 644. The first kappa shape index (κ1) is 13.5. The van der Waals surface area contributed by atoms with Gasteiger partial charge in [0, 0.05) is 16.6 Å². The van der Waals surface area contributed by atoms with Gasteiger partial charge in [-0.2, -0.15) is 0 Å². The zero-order chi connectivity index (χ0) is 14.2. The standard InChI is InChI=1S/C15H17FN2O/c1-9-7-12(14(19)18-15(2,3)4)11-8-10(16)5-6-13(11)17-9/h5-8H,1-4H3,(H,18,19). The van der Waals surface area contributed by atoms with Gasteiger partial charge in [-0.1, -0.05) is 0 Å². The van der Waals surface area contributed by atoms with Crippen LogP contribution in [0.3, 0.4) is 0 Å². The van der Waals surface area contributed by atoms with Crippen molar-refractivity contribution in [1.82, 2.24) is 10.3 Å². The van der Waals surface area contributed by atoms with E-state index in [2.05, 4.69) is 10.3 Å². The van der Waals surface area contributed by atoms with Gasteiger partial charge in [-0.3, -0.25) is 9.78 Å². The molecule has 0 aliphatic heterocycles. The van der Waals surface area contributed by atoms with Gasteiger partial charge in [-0.05, 0) is 52.0 Å². The first-order chi connectivity index (χ1) is 8.76. The van der Waals surface area contributed by atoms with E-state index in [0.29, 0.717) is 16.5 Å². The number of hydrogen-bond acceptors (Lipinski definition) is 2. The fraction of sp³-hybridized carbons (Fsp3) is 0.333. The van der Waals surface area contributed by atoms with Crippen LogP contribution in [0.1, 0.15) is 36.8 Å². The predicted octanol–water partition coefficient (Wildman–Crippen LogP) is 3.21. The molecule has 0 spiro atoms. The molecule has 0 atom stereocenters. The molecule has 2 aromatic rings. The summed E-state index contributed by atoms with van der Waals surface area (Å²) < 4.78 is 13.4. The van der Waals surface area contributed by atoms with Crippen LogP contribution in [0.2, 0.25) is 0 Å². The van der Waals surface area contributed by atoms with Crippen LogP contribution in [0, 0.1) is 12.7 Å². The van der Waals surface area contributed by atoms with Crippen molar-refractivity contribution in [2.24, 2.45) is 0 Å². The van der Waals surface area contributed by atoms with Crippen molar-refractivity contribution in [1.29, 1.82) is 0 Å². The molecule has 2 rings (SSSR count). The number of pyridine rings is 1. The Hall–Kier alpha value is -1.97. The molecule has 0 saturated heterocycles. The normalized spacial score (nSPS) is 11.6. The van der Waals surface area contributed by atoms with Crippen molar-refractivity contribution in [3.05, 3.63) is 41.3 Å². The Labute approximate surface area is 111 Å². The molecule has 1 aromatic heterocycles. The first-order valence-corrected chi connectivity index (χ1v) is 6.16. The van der Waals surface area contributed by atoms with E-state index in [1.165, 1.54) is 12.1 Å². The van der Waals surface area contributed by atoms with E-state index in [9.17, 15) is 9.18 Å². The van der Waals surface area contributed by atoms with Crippen LogP contribution in [0.5, 0.6) is 0 Å². The van der Waals surface area contributed by atoms with Gasteiger partial charge in [0.1, 0.15) is 5.82 Å². The minimum absolute atomic E-state index is 0.214. The number of nitrogens with one attached hydrogen (secondary N) is 1. The van der Waals surface area contributed by atoms with Crippen molar-refractivity contribution < 1.29 is 9.18 Å². The molecule has 0 aliphatic rings. The van der Waals surface area contributed by atoms with Crippen molar-refractivity contribution in [3.8, 4) is 0 Å². The average Bonchev–Trinajstić information content (AvgIpc) is 2.26. The minimum Gasteiger partial charge on any atom is -0.347 e. The lowest BCUT2D eigenvalue weighted by Gasteiger charge is -2.21. The number of benzene rings is 1. The van der Waals surface area contributed by atoms with Crippen LogP contribution in [0.25, 0.3) is 10.9 Å². The number of aryl methyl sites for hydroxylation is 1. The van der Waals surface area contributed by atoms with E-state index in [4.69, 9.17) is 0 Å². The summed E-state index contributed by atoms with van der Waals surface area (Å²) in [7, 11) is 0. The molecule has 19 heavy (non-hydrogen) atoms. The summed E-state index contributed by atoms with van der Waals surface area (Å²) in [6.45, 7) is 7.53. The van der Waals surface area contributed by atoms with Crippen LogP contribution < -0.4 is 5.32 Å². The van der Waals surface area contributed by atoms with Crippen molar-refractivity contribution in [3.63, 3.8) is 0 Å². The number of amides is 1. The third-order valence-electron chi connectivity index (χ3n) is 2.63. The summed E-state index contributed by atoms with van der Waals surface area (Å²) in [5.74, 6) is -0.587. The van der Waals surface area contributed by atoms with Crippen LogP contribution in [-0.2, 0) is 0 Å². The Morgan fingerprint density at radius 1 is 1.26 bits per heavy atom. The number of carbonyl (C=O) groups excluding carboxylic acids is 1. The van der Waals surface area contributed by atoms with Crippen LogP contribution in [0.15, 0.2) is 24.3 Å². The van der Waals surface area contributed by atoms with Crippen molar-refractivity contribution in [2.45, 2.75) is 33.2 Å². The second-order valence-electron chi connectivity index (χ2n) is 5.68. The summed E-state index contributed by atoms with van der Waals surface area (Å²) >= 11 is 0. The van der Waals surface area contributed by atoms with E-state index >= 15 is 0 Å². The lowest BCUT2D eigenvalue weighted by molar-refractivity contribution is 0.0921.